The molecule has 3 rings (SSSR count). The Morgan fingerprint density at radius 1 is 1.14 bits per heavy atom. The minimum absolute atomic E-state index is 0.204. The Morgan fingerprint density at radius 3 is 2.14 bits per heavy atom. The number of fused-ring (bicyclic) bond motifs is 3. The van der Waals surface area contributed by atoms with E-state index in [4.69, 9.17) is 15.2 Å². The molecule has 1 heterocycles. The predicted molar refractivity (Wildman–Crippen MR) is 74.6 cm³/mol. The van der Waals surface area contributed by atoms with E-state index in [-0.39, 0.29) is 5.84 Å². The molecule has 0 unspecified atom stereocenters. The van der Waals surface area contributed by atoms with Gasteiger partial charge < -0.3 is 15.2 Å². The third-order valence-corrected chi connectivity index (χ3v) is 5.53. The maximum atomic E-state index is 10.0. The minimum atomic E-state index is -1.44. The number of rotatable bonds is 4. The fourth-order valence-electron chi connectivity index (χ4n) is 4.95. The quantitative estimate of drug-likeness (QED) is 0.792. The molecule has 1 aliphatic heterocycles. The van der Waals surface area contributed by atoms with Gasteiger partial charge in [0.25, 0.3) is 5.91 Å². The van der Waals surface area contributed by atoms with Crippen LogP contribution in [0.1, 0.15) is 39.5 Å². The molecule has 6 heteroatoms. The van der Waals surface area contributed by atoms with Gasteiger partial charge in [-0.2, -0.15) is 10.5 Å². The maximum absolute atomic E-state index is 10.0. The van der Waals surface area contributed by atoms with E-state index < -0.39 is 22.2 Å². The number of hydrogen-bond acceptors (Lipinski definition) is 6. The van der Waals surface area contributed by atoms with Gasteiger partial charge in [-0.1, -0.05) is 12.8 Å². The van der Waals surface area contributed by atoms with E-state index in [9.17, 15) is 10.5 Å². The molecule has 2 saturated carbocycles. The molecule has 0 radical (unpaired) electrons. The summed E-state index contributed by atoms with van der Waals surface area (Å²) in [4.78, 5) is 4.34. The highest BCUT2D eigenvalue weighted by Gasteiger charge is 3.00. The van der Waals surface area contributed by atoms with E-state index in [1.165, 1.54) is 0 Å². The third-order valence-electron chi connectivity index (χ3n) is 5.53. The van der Waals surface area contributed by atoms with Crippen LogP contribution in [0.3, 0.4) is 0 Å². The third kappa shape index (κ3) is 1.12. The van der Waals surface area contributed by atoms with Gasteiger partial charge in [-0.05, 0) is 26.7 Å². The number of amidine groups is 1. The van der Waals surface area contributed by atoms with Crippen molar-refractivity contribution >= 4 is 5.84 Å². The van der Waals surface area contributed by atoms with Gasteiger partial charge in [-0.3, -0.25) is 0 Å². The van der Waals surface area contributed by atoms with Gasteiger partial charge in [0.05, 0.1) is 12.1 Å². The van der Waals surface area contributed by atoms with Crippen LogP contribution < -0.4 is 5.73 Å². The van der Waals surface area contributed by atoms with Crippen LogP contribution in [0.5, 0.6) is 0 Å². The standard InChI is InChI=1S/C15H20N4O2/c1-3-20-15(21-4-2)14(10-17)12(7-5-6-8-12)13(14,9-16)11(18)19-15/h3-8H2,1-2H3,(H2,18,19)/t13-,14+/m1/s1. The number of ether oxygens (including phenoxy) is 2. The van der Waals surface area contributed by atoms with Crippen molar-refractivity contribution in [3.05, 3.63) is 0 Å². The molecular weight excluding hydrogens is 268 g/mol. The zero-order valence-electron chi connectivity index (χ0n) is 12.5. The summed E-state index contributed by atoms with van der Waals surface area (Å²) >= 11 is 0. The molecule has 2 aliphatic carbocycles. The topological polar surface area (TPSA) is 104 Å². The monoisotopic (exact) mass is 288 g/mol. The van der Waals surface area contributed by atoms with Gasteiger partial charge >= 0.3 is 0 Å². The molecule has 2 N–H and O–H groups in total. The van der Waals surface area contributed by atoms with E-state index in [0.717, 1.165) is 25.7 Å². The van der Waals surface area contributed by atoms with Crippen LogP contribution in [-0.4, -0.2) is 25.0 Å². The number of nitrogens with two attached hydrogens (primary N) is 1. The second-order valence-corrected chi connectivity index (χ2v) is 5.96. The zero-order chi connectivity index (χ0) is 15.4. The van der Waals surface area contributed by atoms with Crippen LogP contribution in [-0.2, 0) is 9.47 Å². The summed E-state index contributed by atoms with van der Waals surface area (Å²) in [5.41, 5.74) is 3.48. The van der Waals surface area contributed by atoms with E-state index in [1.807, 2.05) is 13.8 Å². The van der Waals surface area contributed by atoms with Crippen molar-refractivity contribution in [1.29, 1.82) is 10.5 Å². The number of hydrogen-bond donors (Lipinski definition) is 1. The van der Waals surface area contributed by atoms with Crippen molar-refractivity contribution in [3.63, 3.8) is 0 Å². The first-order chi connectivity index (χ1) is 10.1. The molecule has 2 atom stereocenters. The fourth-order valence-corrected chi connectivity index (χ4v) is 4.95. The Balaban J connectivity index is 2.23. The molecule has 112 valence electrons. The summed E-state index contributed by atoms with van der Waals surface area (Å²) in [6.45, 7) is 4.34. The van der Waals surface area contributed by atoms with Crippen LogP contribution >= 0.6 is 0 Å². The van der Waals surface area contributed by atoms with Crippen molar-refractivity contribution in [1.82, 2.24) is 0 Å². The van der Waals surface area contributed by atoms with Gasteiger partial charge in [-0.25, -0.2) is 4.99 Å². The van der Waals surface area contributed by atoms with Crippen LogP contribution in [0.25, 0.3) is 0 Å². The zero-order valence-corrected chi connectivity index (χ0v) is 12.5. The summed E-state index contributed by atoms with van der Waals surface area (Å²) in [6.07, 6.45) is 3.58. The van der Waals surface area contributed by atoms with E-state index in [2.05, 4.69) is 17.1 Å². The molecule has 2 fully saturated rings. The summed E-state index contributed by atoms with van der Waals surface area (Å²) in [6, 6.07) is 4.68. The summed E-state index contributed by atoms with van der Waals surface area (Å²) < 4.78 is 11.6. The highest BCUT2D eigenvalue weighted by Crippen LogP contribution is 2.89. The Bertz CT molecular complexity index is 575. The molecular formula is C15H20N4O2. The number of aliphatic imine (C=N–C) groups is 1. The van der Waals surface area contributed by atoms with Crippen LogP contribution in [0.15, 0.2) is 4.99 Å². The highest BCUT2D eigenvalue weighted by atomic mass is 16.7. The SMILES string of the molecule is CCOC1(OCC)N=C(N)[C@]2(C#N)C3(CCCC3)[C@]12C#N. The molecule has 6 nitrogen and oxygen atoms in total. The Kier molecular flexibility index (Phi) is 2.86. The van der Waals surface area contributed by atoms with Gasteiger partial charge in [0.2, 0.25) is 0 Å². The van der Waals surface area contributed by atoms with Crippen molar-refractivity contribution in [3.8, 4) is 12.1 Å². The Hall–Kier alpha value is -1.63. The maximum Gasteiger partial charge on any atom is 0.293 e. The molecule has 0 aromatic heterocycles. The minimum Gasteiger partial charge on any atom is -0.386 e. The van der Waals surface area contributed by atoms with Crippen LogP contribution in [0.2, 0.25) is 0 Å². The molecule has 0 amide bonds. The lowest BCUT2D eigenvalue weighted by atomic mass is 9.88. The lowest BCUT2D eigenvalue weighted by Crippen LogP contribution is -2.45. The lowest BCUT2D eigenvalue weighted by Gasteiger charge is -2.33. The van der Waals surface area contributed by atoms with Crippen LogP contribution in [0.4, 0.5) is 0 Å². The average molecular weight is 288 g/mol. The predicted octanol–water partition coefficient (Wildman–Crippen LogP) is 1.68. The Labute approximate surface area is 124 Å². The Morgan fingerprint density at radius 2 is 1.71 bits per heavy atom. The first-order valence-electron chi connectivity index (χ1n) is 7.54. The fraction of sp³-hybridized carbons (Fsp3) is 0.800. The second-order valence-electron chi connectivity index (χ2n) is 5.96. The average Bonchev–Trinajstić information content (AvgIpc) is 2.73. The van der Waals surface area contributed by atoms with Crippen molar-refractivity contribution in [2.45, 2.75) is 45.4 Å². The highest BCUT2D eigenvalue weighted by molar-refractivity contribution is 6.00. The molecule has 0 bridgehead atoms. The second kappa shape index (κ2) is 4.19. The molecule has 3 aliphatic rings. The van der Waals surface area contributed by atoms with E-state index >= 15 is 0 Å². The lowest BCUT2D eigenvalue weighted by molar-refractivity contribution is -0.261. The summed E-state index contributed by atoms with van der Waals surface area (Å²) in [5, 5.41) is 19.9. The molecule has 0 saturated heterocycles. The van der Waals surface area contributed by atoms with Crippen molar-refractivity contribution in [2.24, 2.45) is 27.0 Å². The largest absolute Gasteiger partial charge is 0.386 e. The van der Waals surface area contributed by atoms with Gasteiger partial charge in [-0.15, -0.1) is 0 Å². The smallest absolute Gasteiger partial charge is 0.293 e. The first-order valence-corrected chi connectivity index (χ1v) is 7.54. The summed E-state index contributed by atoms with van der Waals surface area (Å²) in [5.74, 6) is -1.23. The molecule has 21 heavy (non-hydrogen) atoms. The normalized spacial score (nSPS) is 37.6. The van der Waals surface area contributed by atoms with Gasteiger partial charge in [0.1, 0.15) is 11.3 Å². The van der Waals surface area contributed by atoms with Crippen LogP contribution in [0, 0.1) is 38.9 Å². The van der Waals surface area contributed by atoms with Crippen molar-refractivity contribution in [2.75, 3.05) is 13.2 Å². The van der Waals surface area contributed by atoms with Gasteiger partial charge in [0, 0.05) is 18.6 Å². The molecule has 0 aromatic carbocycles. The first kappa shape index (κ1) is 14.3. The number of nitriles is 2. The number of nitrogens with zero attached hydrogens (tertiary/aromatic N) is 3. The van der Waals surface area contributed by atoms with E-state index in [1.54, 1.807) is 0 Å². The van der Waals surface area contributed by atoms with Crippen molar-refractivity contribution < 1.29 is 9.47 Å². The van der Waals surface area contributed by atoms with Gasteiger partial charge in [0.15, 0.2) is 5.41 Å². The molecule has 1 spiro atoms. The molecule has 0 aromatic rings. The van der Waals surface area contributed by atoms with E-state index in [0.29, 0.717) is 13.2 Å². The summed E-state index contributed by atoms with van der Waals surface area (Å²) in [7, 11) is 0.